The fourth-order valence-corrected chi connectivity index (χ4v) is 2.33. The lowest BCUT2D eigenvalue weighted by atomic mass is 10.0. The summed E-state index contributed by atoms with van der Waals surface area (Å²) in [7, 11) is 0. The highest BCUT2D eigenvalue weighted by atomic mass is 19.4. The fourth-order valence-electron chi connectivity index (χ4n) is 2.33. The highest BCUT2D eigenvalue weighted by Crippen LogP contribution is 2.30. The topological polar surface area (TPSA) is 84.6 Å². The lowest BCUT2D eigenvalue weighted by Crippen LogP contribution is -2.34. The van der Waals surface area contributed by atoms with Crippen LogP contribution in [0.5, 0.6) is 0 Å². The van der Waals surface area contributed by atoms with Crippen LogP contribution in [-0.2, 0) is 4.79 Å². The molecule has 1 aromatic rings. The maximum atomic E-state index is 12.5. The largest absolute Gasteiger partial charge is 0.450 e. The van der Waals surface area contributed by atoms with Gasteiger partial charge in [-0.05, 0) is 31.4 Å². The van der Waals surface area contributed by atoms with Gasteiger partial charge in [-0.3, -0.25) is 9.59 Å². The van der Waals surface area contributed by atoms with Crippen LogP contribution in [0.2, 0.25) is 0 Å². The third-order valence-corrected chi connectivity index (χ3v) is 3.43. The molecule has 8 heteroatoms. The first-order valence-corrected chi connectivity index (χ1v) is 6.63. The van der Waals surface area contributed by atoms with E-state index in [-0.39, 0.29) is 29.8 Å². The highest BCUT2D eigenvalue weighted by Gasteiger charge is 2.46. The molecule has 1 aliphatic rings. The number of halogens is 3. The van der Waals surface area contributed by atoms with E-state index < -0.39 is 23.8 Å². The third-order valence-electron chi connectivity index (χ3n) is 3.43. The Kier molecular flexibility index (Phi) is 4.48. The fraction of sp³-hybridized carbons (Fsp3) is 0.357. The molecule has 1 aliphatic carbocycles. The van der Waals surface area contributed by atoms with Crippen LogP contribution in [0, 0.1) is 5.92 Å². The summed E-state index contributed by atoms with van der Waals surface area (Å²) < 4.78 is 37.4. The van der Waals surface area contributed by atoms with Crippen molar-refractivity contribution in [1.82, 2.24) is 5.43 Å². The number of benzene rings is 1. The Hall–Kier alpha value is -2.38. The number of carbonyl (C=O) groups is 2. The van der Waals surface area contributed by atoms with E-state index in [0.717, 1.165) is 0 Å². The van der Waals surface area contributed by atoms with Crippen LogP contribution in [0.3, 0.4) is 0 Å². The second-order valence-electron chi connectivity index (χ2n) is 4.94. The summed E-state index contributed by atoms with van der Waals surface area (Å²) in [4.78, 5) is 23.2. The Morgan fingerprint density at radius 1 is 1.27 bits per heavy atom. The number of hydrogen-bond acceptors (Lipinski definition) is 4. The number of carbonyl (C=O) groups excluding carboxylic acids is 2. The van der Waals surface area contributed by atoms with Crippen molar-refractivity contribution in [2.75, 3.05) is 5.73 Å². The summed E-state index contributed by atoms with van der Waals surface area (Å²) in [5.74, 6) is -3.76. The first-order chi connectivity index (χ1) is 10.3. The molecular formula is C14H14F3N3O2. The van der Waals surface area contributed by atoms with Gasteiger partial charge in [-0.1, -0.05) is 12.1 Å². The van der Waals surface area contributed by atoms with Gasteiger partial charge in [0.2, 0.25) is 5.78 Å². The summed E-state index contributed by atoms with van der Waals surface area (Å²) in [6.07, 6.45) is -4.14. The molecule has 3 N–H and O–H groups in total. The van der Waals surface area contributed by atoms with Crippen LogP contribution in [-0.4, -0.2) is 23.6 Å². The molecule has 0 aromatic heterocycles. The number of nitrogen functional groups attached to an aromatic ring is 1. The number of Topliss-reactive ketones (excluding diaryl/α,β-unsaturated/α-hetero) is 1. The van der Waals surface area contributed by atoms with Gasteiger partial charge in [0, 0.05) is 11.4 Å². The van der Waals surface area contributed by atoms with Gasteiger partial charge >= 0.3 is 6.18 Å². The smallest absolute Gasteiger partial charge is 0.398 e. The van der Waals surface area contributed by atoms with E-state index in [1.54, 1.807) is 12.1 Å². The van der Waals surface area contributed by atoms with E-state index in [0.29, 0.717) is 6.42 Å². The number of hydrogen-bond donors (Lipinski definition) is 2. The standard InChI is InChI=1S/C14H14F3N3O2/c15-14(16,17)12(21)9-5-3-7-11(9)19-20-13(22)8-4-1-2-6-10(8)18/h1-2,4,6,9H,3,5,7,18H2,(H,20,22)/b19-11-. The van der Waals surface area contributed by atoms with Gasteiger partial charge < -0.3 is 5.73 Å². The molecule has 0 spiro atoms. The average molecular weight is 313 g/mol. The zero-order valence-electron chi connectivity index (χ0n) is 11.5. The van der Waals surface area contributed by atoms with Crippen LogP contribution in [0.15, 0.2) is 29.4 Å². The molecule has 1 aromatic carbocycles. The van der Waals surface area contributed by atoms with Crippen LogP contribution in [0.4, 0.5) is 18.9 Å². The predicted molar refractivity (Wildman–Crippen MR) is 74.2 cm³/mol. The maximum absolute atomic E-state index is 12.5. The monoisotopic (exact) mass is 313 g/mol. The van der Waals surface area contributed by atoms with Crippen molar-refractivity contribution >= 4 is 23.1 Å². The minimum absolute atomic E-state index is 0.0465. The molecule has 0 heterocycles. The van der Waals surface area contributed by atoms with E-state index in [1.165, 1.54) is 12.1 Å². The molecule has 1 atom stereocenters. The molecule has 1 amide bonds. The number of alkyl halides is 3. The Morgan fingerprint density at radius 3 is 2.59 bits per heavy atom. The molecule has 1 saturated carbocycles. The van der Waals surface area contributed by atoms with E-state index >= 15 is 0 Å². The number of para-hydroxylation sites is 1. The molecule has 0 radical (unpaired) electrons. The van der Waals surface area contributed by atoms with Crippen LogP contribution >= 0.6 is 0 Å². The minimum atomic E-state index is -4.90. The van der Waals surface area contributed by atoms with E-state index in [9.17, 15) is 22.8 Å². The number of nitrogens with two attached hydrogens (primary N) is 1. The zero-order valence-corrected chi connectivity index (χ0v) is 11.5. The van der Waals surface area contributed by atoms with Crippen LogP contribution in [0.25, 0.3) is 0 Å². The predicted octanol–water partition coefficient (Wildman–Crippen LogP) is 2.29. The van der Waals surface area contributed by atoms with Crippen molar-refractivity contribution in [1.29, 1.82) is 0 Å². The highest BCUT2D eigenvalue weighted by molar-refractivity contribution is 6.09. The van der Waals surface area contributed by atoms with Crippen LogP contribution in [0.1, 0.15) is 29.6 Å². The molecule has 1 fully saturated rings. The number of anilines is 1. The maximum Gasteiger partial charge on any atom is 0.450 e. The summed E-state index contributed by atoms with van der Waals surface area (Å²) in [6, 6.07) is 6.24. The van der Waals surface area contributed by atoms with Gasteiger partial charge in [-0.15, -0.1) is 0 Å². The quantitative estimate of drug-likeness (QED) is 0.663. The molecule has 0 bridgehead atoms. The molecule has 5 nitrogen and oxygen atoms in total. The van der Waals surface area contributed by atoms with Crippen molar-refractivity contribution in [2.24, 2.45) is 11.0 Å². The number of amides is 1. The number of ketones is 1. The third kappa shape index (κ3) is 3.44. The second-order valence-corrected chi connectivity index (χ2v) is 4.94. The van der Waals surface area contributed by atoms with Crippen molar-refractivity contribution in [3.63, 3.8) is 0 Å². The SMILES string of the molecule is Nc1ccccc1C(=O)N/N=C1/CCCC1C(=O)C(F)(F)F. The molecule has 118 valence electrons. The first kappa shape index (κ1) is 16.0. The van der Waals surface area contributed by atoms with Gasteiger partial charge in [-0.25, -0.2) is 5.43 Å². The number of nitrogens with zero attached hydrogens (tertiary/aromatic N) is 1. The van der Waals surface area contributed by atoms with E-state index in [2.05, 4.69) is 10.5 Å². The Bertz CT molecular complexity index is 626. The lowest BCUT2D eigenvalue weighted by Gasteiger charge is -2.12. The molecular weight excluding hydrogens is 299 g/mol. The Labute approximate surface area is 124 Å². The number of rotatable bonds is 3. The number of hydrazone groups is 1. The first-order valence-electron chi connectivity index (χ1n) is 6.63. The van der Waals surface area contributed by atoms with Crippen molar-refractivity contribution in [3.8, 4) is 0 Å². The van der Waals surface area contributed by atoms with Crippen molar-refractivity contribution in [2.45, 2.75) is 25.4 Å². The van der Waals surface area contributed by atoms with Gasteiger partial charge in [0.05, 0.1) is 11.5 Å². The molecule has 0 saturated heterocycles. The Balaban J connectivity index is 2.11. The van der Waals surface area contributed by atoms with Crippen molar-refractivity contribution < 1.29 is 22.8 Å². The number of nitrogens with one attached hydrogen (secondary N) is 1. The normalized spacial score (nSPS) is 20.1. The van der Waals surface area contributed by atoms with Gasteiger partial charge in [0.1, 0.15) is 0 Å². The molecule has 2 rings (SSSR count). The summed E-state index contributed by atoms with van der Waals surface area (Å²) in [5, 5.41) is 3.70. The lowest BCUT2D eigenvalue weighted by molar-refractivity contribution is -0.173. The van der Waals surface area contributed by atoms with Gasteiger partial charge in [-0.2, -0.15) is 18.3 Å². The molecule has 22 heavy (non-hydrogen) atoms. The molecule has 1 unspecified atom stereocenters. The van der Waals surface area contributed by atoms with E-state index in [1.807, 2.05) is 0 Å². The van der Waals surface area contributed by atoms with Gasteiger partial charge in [0.15, 0.2) is 0 Å². The Morgan fingerprint density at radius 2 is 1.95 bits per heavy atom. The van der Waals surface area contributed by atoms with E-state index in [4.69, 9.17) is 5.73 Å². The molecule has 0 aliphatic heterocycles. The summed E-state index contributed by atoms with van der Waals surface area (Å²) >= 11 is 0. The summed E-state index contributed by atoms with van der Waals surface area (Å²) in [6.45, 7) is 0. The second kappa shape index (κ2) is 6.17. The average Bonchev–Trinajstić information content (AvgIpc) is 2.91. The summed E-state index contributed by atoms with van der Waals surface area (Å²) in [5.41, 5.74) is 8.24. The van der Waals surface area contributed by atoms with Gasteiger partial charge in [0.25, 0.3) is 5.91 Å². The minimum Gasteiger partial charge on any atom is -0.398 e. The zero-order chi connectivity index (χ0) is 16.3. The van der Waals surface area contributed by atoms with Crippen molar-refractivity contribution in [3.05, 3.63) is 29.8 Å². The van der Waals surface area contributed by atoms with Crippen LogP contribution < -0.4 is 11.2 Å².